The summed E-state index contributed by atoms with van der Waals surface area (Å²) in [5.74, 6) is -0.207. The van der Waals surface area contributed by atoms with Crippen LogP contribution in [0.1, 0.15) is 102 Å². The summed E-state index contributed by atoms with van der Waals surface area (Å²) in [5.41, 5.74) is 1.83. The summed E-state index contributed by atoms with van der Waals surface area (Å²) in [5, 5.41) is 0. The van der Waals surface area contributed by atoms with Gasteiger partial charge in [0.25, 0.3) is 0 Å². The molecule has 0 amide bonds. The van der Waals surface area contributed by atoms with E-state index in [1.54, 1.807) is 0 Å². The maximum absolute atomic E-state index is 12.5. The van der Waals surface area contributed by atoms with Crippen LogP contribution >= 0.6 is 0 Å². The first-order chi connectivity index (χ1) is 15.2. The maximum Gasteiger partial charge on any atom is 0.338 e. The van der Waals surface area contributed by atoms with Gasteiger partial charge in [-0.25, -0.2) is 4.79 Å². The highest BCUT2D eigenvalue weighted by Gasteiger charge is 2.11. The Labute approximate surface area is 192 Å². The molecule has 1 aromatic carbocycles. The van der Waals surface area contributed by atoms with E-state index in [4.69, 9.17) is 4.74 Å². The minimum absolute atomic E-state index is 0.207. The lowest BCUT2D eigenvalue weighted by atomic mass is 10.1. The third-order valence-corrected chi connectivity index (χ3v) is 5.75. The van der Waals surface area contributed by atoms with Gasteiger partial charge in [-0.05, 0) is 63.0 Å². The zero-order valence-corrected chi connectivity index (χ0v) is 20.8. The van der Waals surface area contributed by atoms with Crippen molar-refractivity contribution in [3.8, 4) is 0 Å². The van der Waals surface area contributed by atoms with Crippen molar-refractivity contribution >= 4 is 11.7 Å². The Bertz CT molecular complexity index is 541. The molecule has 4 nitrogen and oxygen atoms in total. The summed E-state index contributed by atoms with van der Waals surface area (Å²) in [6, 6.07) is 7.91. The van der Waals surface area contributed by atoms with Gasteiger partial charge in [-0.2, -0.15) is 0 Å². The molecule has 0 aromatic heterocycles. The Morgan fingerprint density at radius 2 is 1.23 bits per heavy atom. The molecule has 1 aromatic rings. The van der Waals surface area contributed by atoms with Crippen molar-refractivity contribution < 1.29 is 9.53 Å². The molecule has 0 atom stereocenters. The molecule has 0 unspecified atom stereocenters. The van der Waals surface area contributed by atoms with Crippen LogP contribution in [0.4, 0.5) is 5.69 Å². The molecule has 31 heavy (non-hydrogen) atoms. The predicted molar refractivity (Wildman–Crippen MR) is 134 cm³/mol. The molecule has 0 saturated carbocycles. The Morgan fingerprint density at radius 3 is 1.71 bits per heavy atom. The molecule has 0 bridgehead atoms. The summed E-state index contributed by atoms with van der Waals surface area (Å²) in [4.78, 5) is 17.4. The van der Waals surface area contributed by atoms with Crippen LogP contribution in [-0.2, 0) is 4.74 Å². The van der Waals surface area contributed by atoms with Gasteiger partial charge >= 0.3 is 5.97 Å². The zero-order chi connectivity index (χ0) is 22.7. The number of nitrogens with zero attached hydrogens (tertiary/aromatic N) is 2. The number of hydrogen-bond acceptors (Lipinski definition) is 4. The number of anilines is 1. The SMILES string of the molecule is CCCCCCN(CCCCCC)CCOC(=O)c1ccc(N(CCC)CCC)cc1. The van der Waals surface area contributed by atoms with E-state index in [9.17, 15) is 4.79 Å². The molecule has 0 spiro atoms. The molecule has 0 aliphatic rings. The molecule has 0 saturated heterocycles. The number of unbranched alkanes of at least 4 members (excludes halogenated alkanes) is 6. The minimum atomic E-state index is -0.207. The van der Waals surface area contributed by atoms with Gasteiger partial charge in [-0.15, -0.1) is 0 Å². The van der Waals surface area contributed by atoms with Crippen LogP contribution in [0.25, 0.3) is 0 Å². The van der Waals surface area contributed by atoms with Gasteiger partial charge in [-0.3, -0.25) is 4.90 Å². The van der Waals surface area contributed by atoms with Crippen LogP contribution in [0.5, 0.6) is 0 Å². The highest BCUT2D eigenvalue weighted by Crippen LogP contribution is 2.17. The quantitative estimate of drug-likeness (QED) is 0.175. The highest BCUT2D eigenvalue weighted by molar-refractivity contribution is 5.89. The Morgan fingerprint density at radius 1 is 0.677 bits per heavy atom. The van der Waals surface area contributed by atoms with Gasteiger partial charge in [-0.1, -0.05) is 66.2 Å². The van der Waals surface area contributed by atoms with Crippen molar-refractivity contribution in [2.75, 3.05) is 44.2 Å². The molecule has 0 heterocycles. The molecular weight excluding hydrogens is 384 g/mol. The number of ether oxygens (including phenoxy) is 1. The molecule has 1 rings (SSSR count). The molecule has 0 aliphatic heterocycles. The zero-order valence-electron chi connectivity index (χ0n) is 20.8. The van der Waals surface area contributed by atoms with Crippen LogP contribution in [0.3, 0.4) is 0 Å². The van der Waals surface area contributed by atoms with Crippen molar-refractivity contribution in [1.29, 1.82) is 0 Å². The van der Waals surface area contributed by atoms with Gasteiger partial charge in [0.15, 0.2) is 0 Å². The molecule has 0 aliphatic carbocycles. The van der Waals surface area contributed by atoms with Crippen molar-refractivity contribution in [2.45, 2.75) is 91.9 Å². The number of hydrogen-bond donors (Lipinski definition) is 0. The second kappa shape index (κ2) is 18.1. The van der Waals surface area contributed by atoms with E-state index in [0.29, 0.717) is 12.2 Å². The van der Waals surface area contributed by atoms with E-state index >= 15 is 0 Å². The number of esters is 1. The van der Waals surface area contributed by atoms with E-state index in [2.05, 4.69) is 49.6 Å². The number of carbonyl (C=O) groups is 1. The maximum atomic E-state index is 12.5. The number of carbonyl (C=O) groups excluding carboxylic acids is 1. The van der Waals surface area contributed by atoms with Gasteiger partial charge in [0.1, 0.15) is 6.61 Å². The first-order valence-corrected chi connectivity index (χ1v) is 12.9. The second-order valence-electron chi connectivity index (χ2n) is 8.63. The predicted octanol–water partition coefficient (Wildman–Crippen LogP) is 6.93. The van der Waals surface area contributed by atoms with E-state index in [-0.39, 0.29) is 5.97 Å². The summed E-state index contributed by atoms with van der Waals surface area (Å²) >= 11 is 0. The van der Waals surface area contributed by atoms with E-state index in [1.165, 1.54) is 57.1 Å². The molecule has 178 valence electrons. The van der Waals surface area contributed by atoms with Crippen LogP contribution in [0.15, 0.2) is 24.3 Å². The lowest BCUT2D eigenvalue weighted by Crippen LogP contribution is -2.30. The third kappa shape index (κ3) is 12.2. The highest BCUT2D eigenvalue weighted by atomic mass is 16.5. The lowest BCUT2D eigenvalue weighted by Gasteiger charge is -2.24. The molecule has 0 N–H and O–H groups in total. The van der Waals surface area contributed by atoms with Crippen LogP contribution in [0, 0.1) is 0 Å². The average molecular weight is 433 g/mol. The first-order valence-electron chi connectivity index (χ1n) is 12.9. The van der Waals surface area contributed by atoms with Gasteiger partial charge in [0.05, 0.1) is 5.56 Å². The standard InChI is InChI=1S/C27H48N2O2/c1-5-9-11-13-21-28(22-14-12-10-6-2)23-24-31-27(30)25-15-17-26(18-16-25)29(19-7-3)20-8-4/h15-18H,5-14,19-24H2,1-4H3. The van der Waals surface area contributed by atoms with Crippen molar-refractivity contribution in [3.05, 3.63) is 29.8 Å². The molecule has 0 radical (unpaired) electrons. The van der Waals surface area contributed by atoms with E-state index in [0.717, 1.165) is 45.6 Å². The fourth-order valence-corrected chi connectivity index (χ4v) is 3.93. The van der Waals surface area contributed by atoms with E-state index in [1.807, 2.05) is 12.1 Å². The average Bonchev–Trinajstić information content (AvgIpc) is 2.79. The fraction of sp³-hybridized carbons (Fsp3) is 0.741. The fourth-order valence-electron chi connectivity index (χ4n) is 3.93. The monoisotopic (exact) mass is 432 g/mol. The summed E-state index contributed by atoms with van der Waals surface area (Å²) < 4.78 is 5.61. The van der Waals surface area contributed by atoms with Crippen LogP contribution < -0.4 is 4.90 Å². The summed E-state index contributed by atoms with van der Waals surface area (Å²) in [6.07, 6.45) is 12.5. The Kier molecular flexibility index (Phi) is 16.0. The first kappa shape index (κ1) is 27.5. The minimum Gasteiger partial charge on any atom is -0.461 e. The van der Waals surface area contributed by atoms with Gasteiger partial charge in [0, 0.05) is 25.3 Å². The van der Waals surface area contributed by atoms with E-state index < -0.39 is 0 Å². The second-order valence-corrected chi connectivity index (χ2v) is 8.63. The Balaban J connectivity index is 2.48. The topological polar surface area (TPSA) is 32.8 Å². The van der Waals surface area contributed by atoms with Crippen LogP contribution in [-0.4, -0.2) is 50.2 Å². The number of benzene rings is 1. The normalized spacial score (nSPS) is 11.1. The summed E-state index contributed by atoms with van der Waals surface area (Å²) in [6.45, 7) is 14.5. The Hall–Kier alpha value is -1.55. The molecular formula is C27H48N2O2. The third-order valence-electron chi connectivity index (χ3n) is 5.75. The summed E-state index contributed by atoms with van der Waals surface area (Å²) in [7, 11) is 0. The van der Waals surface area contributed by atoms with Gasteiger partial charge in [0.2, 0.25) is 0 Å². The van der Waals surface area contributed by atoms with Crippen molar-refractivity contribution in [2.24, 2.45) is 0 Å². The van der Waals surface area contributed by atoms with Crippen molar-refractivity contribution in [1.82, 2.24) is 4.90 Å². The lowest BCUT2D eigenvalue weighted by molar-refractivity contribution is 0.0460. The molecule has 4 heteroatoms. The van der Waals surface area contributed by atoms with Crippen LogP contribution in [0.2, 0.25) is 0 Å². The molecule has 0 fully saturated rings. The smallest absolute Gasteiger partial charge is 0.338 e. The number of rotatable bonds is 19. The van der Waals surface area contributed by atoms with Crippen molar-refractivity contribution in [3.63, 3.8) is 0 Å². The largest absolute Gasteiger partial charge is 0.461 e. The van der Waals surface area contributed by atoms with Gasteiger partial charge < -0.3 is 9.64 Å².